The van der Waals surface area contributed by atoms with Crippen molar-refractivity contribution in [3.63, 3.8) is 0 Å². The number of carbonyl (C=O) groups excluding carboxylic acids is 1. The molecule has 0 bridgehead atoms. The molecule has 5 heteroatoms. The zero-order chi connectivity index (χ0) is 15.5. The van der Waals surface area contributed by atoms with Crippen molar-refractivity contribution in [2.45, 2.75) is 57.3 Å². The van der Waals surface area contributed by atoms with Gasteiger partial charge in [0.2, 0.25) is 0 Å². The smallest absolute Gasteiger partial charge is 0.257 e. The minimum Gasteiger partial charge on any atom is -0.385 e. The molecular formula is C16H29NO4. The molecule has 1 saturated heterocycles. The first-order valence-electron chi connectivity index (χ1n) is 7.98. The van der Waals surface area contributed by atoms with Gasteiger partial charge in [0.05, 0.1) is 18.8 Å². The molecule has 2 rings (SSSR count). The van der Waals surface area contributed by atoms with Crippen LogP contribution in [0.1, 0.15) is 39.5 Å². The summed E-state index contributed by atoms with van der Waals surface area (Å²) in [6.07, 6.45) is 4.24. The summed E-state index contributed by atoms with van der Waals surface area (Å²) in [6, 6.07) is 0.211. The van der Waals surface area contributed by atoms with Crippen molar-refractivity contribution in [2.75, 3.05) is 34.0 Å². The van der Waals surface area contributed by atoms with Gasteiger partial charge in [-0.2, -0.15) is 0 Å². The molecule has 2 aliphatic rings. The van der Waals surface area contributed by atoms with Gasteiger partial charge in [-0.1, -0.05) is 6.92 Å². The number of hydrogen-bond donors (Lipinski definition) is 0. The Morgan fingerprint density at radius 3 is 2.76 bits per heavy atom. The molecule has 0 aromatic heterocycles. The molecule has 5 nitrogen and oxygen atoms in total. The first-order valence-corrected chi connectivity index (χ1v) is 7.98. The molecule has 0 radical (unpaired) electrons. The van der Waals surface area contributed by atoms with E-state index in [2.05, 4.69) is 6.92 Å². The Balaban J connectivity index is 2.15. The van der Waals surface area contributed by atoms with Gasteiger partial charge >= 0.3 is 0 Å². The summed E-state index contributed by atoms with van der Waals surface area (Å²) in [4.78, 5) is 14.9. The maximum Gasteiger partial charge on any atom is 0.257 e. The van der Waals surface area contributed by atoms with Gasteiger partial charge in [0.1, 0.15) is 0 Å². The third-order valence-corrected chi connectivity index (χ3v) is 4.71. The third-order valence-electron chi connectivity index (χ3n) is 4.71. The normalized spacial score (nSPS) is 36.7. The second kappa shape index (κ2) is 7.07. The summed E-state index contributed by atoms with van der Waals surface area (Å²) in [7, 11) is 3.31. The minimum atomic E-state index is -0.844. The molecule has 0 aromatic rings. The molecule has 0 spiro atoms. The van der Waals surface area contributed by atoms with E-state index in [9.17, 15) is 4.79 Å². The second-order valence-corrected chi connectivity index (χ2v) is 6.65. The van der Waals surface area contributed by atoms with Crippen LogP contribution < -0.4 is 0 Å². The highest BCUT2D eigenvalue weighted by Gasteiger charge is 2.50. The van der Waals surface area contributed by atoms with E-state index in [1.165, 1.54) is 6.42 Å². The summed E-state index contributed by atoms with van der Waals surface area (Å²) in [6.45, 7) is 5.85. The standard InChI is InChI=1S/C16H29NO4/c1-12-6-7-14-13(10-12)17(8-5-9-19-3)15(18)16(2,21-14)11-20-4/h12-14H,5-11H2,1-4H3/t12-,13?,14+,16?/m1/s1. The predicted octanol–water partition coefficient (Wildman–Crippen LogP) is 1.84. The van der Waals surface area contributed by atoms with E-state index in [1.54, 1.807) is 14.2 Å². The molecule has 1 aliphatic heterocycles. The van der Waals surface area contributed by atoms with Crippen molar-refractivity contribution < 1.29 is 19.0 Å². The Morgan fingerprint density at radius 2 is 2.10 bits per heavy atom. The first kappa shape index (κ1) is 16.7. The van der Waals surface area contributed by atoms with Gasteiger partial charge < -0.3 is 19.1 Å². The van der Waals surface area contributed by atoms with E-state index in [0.29, 0.717) is 19.1 Å². The minimum absolute atomic E-state index is 0.0656. The molecule has 1 aliphatic carbocycles. The lowest BCUT2D eigenvalue weighted by molar-refractivity contribution is -0.211. The number of amides is 1. The van der Waals surface area contributed by atoms with Gasteiger partial charge in [0, 0.05) is 27.4 Å². The van der Waals surface area contributed by atoms with Crippen LogP contribution in [0.4, 0.5) is 0 Å². The number of carbonyl (C=O) groups is 1. The van der Waals surface area contributed by atoms with Gasteiger partial charge in [0.25, 0.3) is 5.91 Å². The van der Waals surface area contributed by atoms with Crippen molar-refractivity contribution in [3.05, 3.63) is 0 Å². The van der Waals surface area contributed by atoms with E-state index in [1.807, 2.05) is 11.8 Å². The van der Waals surface area contributed by atoms with E-state index in [4.69, 9.17) is 14.2 Å². The van der Waals surface area contributed by atoms with Gasteiger partial charge in [-0.25, -0.2) is 0 Å². The number of morpholine rings is 1. The first-order chi connectivity index (χ1) is 10.0. The molecule has 122 valence electrons. The summed E-state index contributed by atoms with van der Waals surface area (Å²) < 4.78 is 16.5. The fraction of sp³-hybridized carbons (Fsp3) is 0.938. The lowest BCUT2D eigenvalue weighted by atomic mass is 9.81. The van der Waals surface area contributed by atoms with E-state index in [0.717, 1.165) is 25.8 Å². The summed E-state index contributed by atoms with van der Waals surface area (Å²) in [5, 5.41) is 0. The van der Waals surface area contributed by atoms with Crippen LogP contribution in [0, 0.1) is 5.92 Å². The Kier molecular flexibility index (Phi) is 5.63. The number of fused-ring (bicyclic) bond motifs is 1. The van der Waals surface area contributed by atoms with Gasteiger partial charge in [-0.15, -0.1) is 0 Å². The molecule has 21 heavy (non-hydrogen) atoms. The highest BCUT2D eigenvalue weighted by molar-refractivity contribution is 5.86. The molecule has 4 atom stereocenters. The zero-order valence-electron chi connectivity index (χ0n) is 13.8. The number of methoxy groups -OCH3 is 2. The van der Waals surface area contributed by atoms with Crippen molar-refractivity contribution >= 4 is 5.91 Å². The molecule has 0 N–H and O–H groups in total. The van der Waals surface area contributed by atoms with Crippen LogP contribution >= 0.6 is 0 Å². The summed E-state index contributed by atoms with van der Waals surface area (Å²) in [5.41, 5.74) is -0.844. The largest absolute Gasteiger partial charge is 0.385 e. The Morgan fingerprint density at radius 1 is 1.33 bits per heavy atom. The Bertz CT molecular complexity index is 362. The van der Waals surface area contributed by atoms with Crippen LogP contribution in [0.5, 0.6) is 0 Å². The van der Waals surface area contributed by atoms with Crippen LogP contribution in [-0.4, -0.2) is 62.5 Å². The number of hydrogen-bond acceptors (Lipinski definition) is 4. The summed E-state index contributed by atoms with van der Waals surface area (Å²) in [5.74, 6) is 0.718. The molecule has 2 unspecified atom stereocenters. The number of rotatable bonds is 6. The van der Waals surface area contributed by atoms with Gasteiger partial charge in [-0.3, -0.25) is 4.79 Å². The van der Waals surface area contributed by atoms with Crippen LogP contribution in [0.3, 0.4) is 0 Å². The van der Waals surface area contributed by atoms with Crippen LogP contribution in [0.15, 0.2) is 0 Å². The lowest BCUT2D eigenvalue weighted by Crippen LogP contribution is -2.66. The molecule has 2 fully saturated rings. The van der Waals surface area contributed by atoms with Crippen LogP contribution in [0.25, 0.3) is 0 Å². The van der Waals surface area contributed by atoms with Gasteiger partial charge in [-0.05, 0) is 38.5 Å². The number of ether oxygens (including phenoxy) is 3. The lowest BCUT2D eigenvalue weighted by Gasteiger charge is -2.51. The van der Waals surface area contributed by atoms with Crippen molar-refractivity contribution in [2.24, 2.45) is 5.92 Å². The maximum absolute atomic E-state index is 12.9. The van der Waals surface area contributed by atoms with E-state index >= 15 is 0 Å². The fourth-order valence-corrected chi connectivity index (χ4v) is 3.65. The third kappa shape index (κ3) is 3.58. The highest BCUT2D eigenvalue weighted by Crippen LogP contribution is 2.37. The van der Waals surface area contributed by atoms with E-state index in [-0.39, 0.29) is 18.1 Å². The van der Waals surface area contributed by atoms with Crippen molar-refractivity contribution in [3.8, 4) is 0 Å². The van der Waals surface area contributed by atoms with Crippen molar-refractivity contribution in [1.29, 1.82) is 0 Å². The monoisotopic (exact) mass is 299 g/mol. The molecule has 1 heterocycles. The predicted molar refractivity (Wildman–Crippen MR) is 80.2 cm³/mol. The quantitative estimate of drug-likeness (QED) is 0.702. The second-order valence-electron chi connectivity index (χ2n) is 6.65. The van der Waals surface area contributed by atoms with Gasteiger partial charge in [0.15, 0.2) is 5.60 Å². The average molecular weight is 299 g/mol. The van der Waals surface area contributed by atoms with Crippen LogP contribution in [0.2, 0.25) is 0 Å². The van der Waals surface area contributed by atoms with E-state index < -0.39 is 5.60 Å². The highest BCUT2D eigenvalue weighted by atomic mass is 16.6. The molecule has 0 aromatic carbocycles. The topological polar surface area (TPSA) is 48.0 Å². The molecular weight excluding hydrogens is 270 g/mol. The zero-order valence-corrected chi connectivity index (χ0v) is 13.8. The molecule has 1 saturated carbocycles. The SMILES string of the molecule is COCCCN1C(=O)C(C)(COC)O[C@H]2CC[C@@H](C)CC21. The maximum atomic E-state index is 12.9. The average Bonchev–Trinajstić information content (AvgIpc) is 2.44. The van der Waals surface area contributed by atoms with Crippen LogP contribution in [-0.2, 0) is 19.0 Å². The Labute approximate surface area is 127 Å². The fourth-order valence-electron chi connectivity index (χ4n) is 3.65. The Hall–Kier alpha value is -0.650. The van der Waals surface area contributed by atoms with Crippen molar-refractivity contribution in [1.82, 2.24) is 4.90 Å². The molecule has 1 amide bonds. The number of nitrogens with zero attached hydrogens (tertiary/aromatic N) is 1. The summed E-state index contributed by atoms with van der Waals surface area (Å²) >= 11 is 0.